The molecule has 0 aromatic heterocycles. The van der Waals surface area contributed by atoms with E-state index in [2.05, 4.69) is 12.3 Å². The van der Waals surface area contributed by atoms with Crippen molar-refractivity contribution < 1.29 is 10.2 Å². The summed E-state index contributed by atoms with van der Waals surface area (Å²) in [5.41, 5.74) is 2.09. The third kappa shape index (κ3) is 1.58. The van der Waals surface area contributed by atoms with Gasteiger partial charge in [-0.1, -0.05) is 12.3 Å². The molecule has 6 heavy (non-hydrogen) atoms. The van der Waals surface area contributed by atoms with Gasteiger partial charge in [0.05, 0.1) is 0 Å². The molecule has 0 amide bonds. The van der Waals surface area contributed by atoms with Crippen LogP contribution in [0.3, 0.4) is 0 Å². The predicted octanol–water partition coefficient (Wildman–Crippen LogP) is 0.205. The van der Waals surface area contributed by atoms with Gasteiger partial charge in [-0.3, -0.25) is 0 Å². The van der Waals surface area contributed by atoms with Gasteiger partial charge < -0.3 is 10.2 Å². The Morgan fingerprint density at radius 2 is 2.33 bits per heavy atom. The first-order chi connectivity index (χ1) is 2.81. The molecule has 0 heterocycles. The van der Waals surface area contributed by atoms with Crippen molar-refractivity contribution in [1.29, 1.82) is 0 Å². The molecule has 0 bridgehead atoms. The molecule has 0 aliphatic rings. The van der Waals surface area contributed by atoms with Crippen LogP contribution < -0.4 is 0 Å². The Morgan fingerprint density at radius 3 is 2.33 bits per heavy atom. The van der Waals surface area contributed by atoms with E-state index >= 15 is 0 Å². The highest BCUT2D eigenvalue weighted by atomic mass is 16.3. The Kier molecular flexibility index (Phi) is 2.21. The fourth-order valence-corrected chi connectivity index (χ4v) is 0.0559. The van der Waals surface area contributed by atoms with E-state index in [9.17, 15) is 0 Å². The minimum Gasteiger partial charge on any atom is -0.502 e. The average molecular weight is 86.1 g/mol. The van der Waals surface area contributed by atoms with Gasteiger partial charge in [-0.25, -0.2) is 0 Å². The lowest BCUT2D eigenvalue weighted by Crippen LogP contribution is -1.82. The molecule has 34 valence electrons. The normalized spacial score (nSPS) is 6.83. The third-order valence-corrected chi connectivity index (χ3v) is 0.354. The standard InChI is InChI=1S/C4H6O2/c1-2-4(6)3-5/h5-6H,1,3H2. The van der Waals surface area contributed by atoms with Crippen LogP contribution in [0.1, 0.15) is 0 Å². The lowest BCUT2D eigenvalue weighted by atomic mass is 10.6. The van der Waals surface area contributed by atoms with Crippen molar-refractivity contribution in [3.63, 3.8) is 0 Å². The van der Waals surface area contributed by atoms with E-state index in [1.165, 1.54) is 0 Å². The Morgan fingerprint density at radius 1 is 1.83 bits per heavy atom. The Bertz CT molecular complexity index is 79.5. The Labute approximate surface area is 36.0 Å². The molecule has 0 aromatic carbocycles. The molecule has 0 atom stereocenters. The fraction of sp³-hybridized carbons (Fsp3) is 0.250. The molecule has 0 radical (unpaired) electrons. The van der Waals surface area contributed by atoms with Crippen LogP contribution in [-0.2, 0) is 0 Å². The SMILES string of the molecule is C=C=C(O)CO. The molecule has 0 fully saturated rings. The molecule has 0 aliphatic heterocycles. The number of aliphatic hydroxyl groups is 2. The first kappa shape index (κ1) is 5.28. The molecule has 0 saturated carbocycles. The highest BCUT2D eigenvalue weighted by molar-refractivity contribution is 4.84. The van der Waals surface area contributed by atoms with Crippen LogP contribution in [0.5, 0.6) is 0 Å². The lowest BCUT2D eigenvalue weighted by molar-refractivity contribution is 0.254. The summed E-state index contributed by atoms with van der Waals surface area (Å²) in [6.45, 7) is 2.69. The van der Waals surface area contributed by atoms with Crippen LogP contribution in [0.4, 0.5) is 0 Å². The van der Waals surface area contributed by atoms with Crippen molar-refractivity contribution in [1.82, 2.24) is 0 Å². The number of aliphatic hydroxyl groups excluding tert-OH is 2. The van der Waals surface area contributed by atoms with Crippen molar-refractivity contribution >= 4 is 0 Å². The molecular weight excluding hydrogens is 80.0 g/mol. The van der Waals surface area contributed by atoms with Crippen LogP contribution >= 0.6 is 0 Å². The van der Waals surface area contributed by atoms with E-state index in [-0.39, 0.29) is 12.4 Å². The molecule has 2 N–H and O–H groups in total. The largest absolute Gasteiger partial charge is 0.502 e. The molecule has 0 aromatic rings. The summed E-state index contributed by atoms with van der Waals surface area (Å²) >= 11 is 0. The van der Waals surface area contributed by atoms with Gasteiger partial charge in [-0.15, -0.1) is 0 Å². The summed E-state index contributed by atoms with van der Waals surface area (Å²) in [7, 11) is 0. The highest BCUT2D eigenvalue weighted by Gasteiger charge is 1.76. The summed E-state index contributed by atoms with van der Waals surface area (Å²) in [5, 5.41) is 16.1. The van der Waals surface area contributed by atoms with Crippen LogP contribution in [0.15, 0.2) is 18.1 Å². The van der Waals surface area contributed by atoms with Crippen LogP contribution in [0, 0.1) is 0 Å². The van der Waals surface area contributed by atoms with E-state index in [0.29, 0.717) is 0 Å². The van der Waals surface area contributed by atoms with Gasteiger partial charge >= 0.3 is 0 Å². The molecule has 0 unspecified atom stereocenters. The van der Waals surface area contributed by atoms with E-state index in [4.69, 9.17) is 10.2 Å². The minimum atomic E-state index is -0.372. The number of rotatable bonds is 1. The van der Waals surface area contributed by atoms with Gasteiger partial charge in [0.1, 0.15) is 6.61 Å². The van der Waals surface area contributed by atoms with E-state index in [0.717, 1.165) is 0 Å². The molecule has 2 heteroatoms. The van der Waals surface area contributed by atoms with Crippen molar-refractivity contribution in [2.75, 3.05) is 6.61 Å². The zero-order valence-corrected chi connectivity index (χ0v) is 3.31. The molecule has 0 rings (SSSR count). The van der Waals surface area contributed by atoms with Crippen molar-refractivity contribution in [3.8, 4) is 0 Å². The zero-order valence-electron chi connectivity index (χ0n) is 3.31. The minimum absolute atomic E-state index is 0.213. The lowest BCUT2D eigenvalue weighted by Gasteiger charge is -1.80. The molecule has 0 aliphatic carbocycles. The van der Waals surface area contributed by atoms with Crippen LogP contribution in [-0.4, -0.2) is 16.8 Å². The number of hydrogen-bond donors (Lipinski definition) is 2. The van der Waals surface area contributed by atoms with Gasteiger partial charge in [-0.05, 0) is 0 Å². The maximum absolute atomic E-state index is 8.16. The highest BCUT2D eigenvalue weighted by Crippen LogP contribution is 1.74. The van der Waals surface area contributed by atoms with E-state index < -0.39 is 0 Å². The van der Waals surface area contributed by atoms with E-state index in [1.807, 2.05) is 0 Å². The van der Waals surface area contributed by atoms with Crippen molar-refractivity contribution in [3.05, 3.63) is 18.1 Å². The van der Waals surface area contributed by atoms with Gasteiger partial charge in [0.25, 0.3) is 0 Å². The Hall–Kier alpha value is -0.720. The van der Waals surface area contributed by atoms with E-state index in [1.54, 1.807) is 0 Å². The van der Waals surface area contributed by atoms with Gasteiger partial charge in [0.15, 0.2) is 5.76 Å². The summed E-state index contributed by atoms with van der Waals surface area (Å²) in [5.74, 6) is -0.213. The molecule has 0 spiro atoms. The summed E-state index contributed by atoms with van der Waals surface area (Å²) in [6, 6.07) is 0. The fourth-order valence-electron chi connectivity index (χ4n) is 0.0559. The van der Waals surface area contributed by atoms with Gasteiger partial charge in [-0.2, -0.15) is 0 Å². The second-order valence-electron chi connectivity index (χ2n) is 0.782. The van der Waals surface area contributed by atoms with Gasteiger partial charge in [0, 0.05) is 0 Å². The average Bonchev–Trinajstić information content (AvgIpc) is 1.65. The monoisotopic (exact) mass is 86.0 g/mol. The second kappa shape index (κ2) is 2.51. The maximum Gasteiger partial charge on any atom is 0.160 e. The van der Waals surface area contributed by atoms with Crippen LogP contribution in [0.25, 0.3) is 0 Å². The second-order valence-corrected chi connectivity index (χ2v) is 0.782. The predicted molar refractivity (Wildman–Crippen MR) is 22.4 cm³/mol. The van der Waals surface area contributed by atoms with Crippen molar-refractivity contribution in [2.45, 2.75) is 0 Å². The summed E-state index contributed by atoms with van der Waals surface area (Å²) < 4.78 is 0. The first-order valence-electron chi connectivity index (χ1n) is 1.50. The molecule has 2 nitrogen and oxygen atoms in total. The first-order valence-corrected chi connectivity index (χ1v) is 1.50. The smallest absolute Gasteiger partial charge is 0.160 e. The quantitative estimate of drug-likeness (QED) is 0.353. The molecule has 0 saturated heterocycles. The van der Waals surface area contributed by atoms with Crippen LogP contribution in [0.2, 0.25) is 0 Å². The summed E-state index contributed by atoms with van der Waals surface area (Å²) in [4.78, 5) is 0. The van der Waals surface area contributed by atoms with Gasteiger partial charge in [0.2, 0.25) is 0 Å². The zero-order chi connectivity index (χ0) is 4.99. The number of hydrogen-bond acceptors (Lipinski definition) is 2. The maximum atomic E-state index is 8.16. The topological polar surface area (TPSA) is 40.5 Å². The molecular formula is C4H6O2. The third-order valence-electron chi connectivity index (χ3n) is 0.354. The Balaban J connectivity index is 3.52. The van der Waals surface area contributed by atoms with Crippen molar-refractivity contribution in [2.24, 2.45) is 0 Å². The summed E-state index contributed by atoms with van der Waals surface area (Å²) in [6.07, 6.45) is 0.